The molecule has 14 heteroatoms. The van der Waals surface area contributed by atoms with Gasteiger partial charge in [-0.25, -0.2) is 5.09 Å². The third-order valence-corrected chi connectivity index (χ3v) is 8.49. The van der Waals surface area contributed by atoms with Gasteiger partial charge >= 0.3 is 18.6 Å². The fourth-order valence-corrected chi connectivity index (χ4v) is 6.46. The molecule has 0 spiro atoms. The number of amides is 1. The van der Waals surface area contributed by atoms with Crippen LogP contribution in [0.15, 0.2) is 42.6 Å². The van der Waals surface area contributed by atoms with Crippen molar-refractivity contribution < 1.29 is 47.5 Å². The van der Waals surface area contributed by atoms with Crippen molar-refractivity contribution in [3.05, 3.63) is 42.6 Å². The number of hydrogen-bond donors (Lipinski definition) is 2. The van der Waals surface area contributed by atoms with Crippen molar-refractivity contribution in [2.24, 2.45) is 0 Å². The molecule has 1 saturated heterocycles. The molecular weight excluding hydrogens is 563 g/mol. The highest BCUT2D eigenvalue weighted by atomic mass is 32.5. The molecule has 0 saturated carbocycles. The molecule has 220 valence electrons. The van der Waals surface area contributed by atoms with E-state index in [1.165, 1.54) is 19.2 Å². The van der Waals surface area contributed by atoms with Gasteiger partial charge in [-0.05, 0) is 57.7 Å². The lowest BCUT2D eigenvalue weighted by atomic mass is 9.95. The number of esters is 2. The lowest BCUT2D eigenvalue weighted by Crippen LogP contribution is -2.55. The first-order valence-electron chi connectivity index (χ1n) is 12.8. The number of benzene rings is 1. The predicted molar refractivity (Wildman–Crippen MR) is 146 cm³/mol. The summed E-state index contributed by atoms with van der Waals surface area (Å²) in [5.74, 6) is -1.77. The molecule has 2 aliphatic heterocycles. The number of carbonyl (C=O) groups is 4. The number of rotatable bonds is 12. The van der Waals surface area contributed by atoms with E-state index in [0.29, 0.717) is 5.75 Å². The molecule has 0 aliphatic carbocycles. The number of hydrogen-bond acceptors (Lipinski definition) is 11. The van der Waals surface area contributed by atoms with Crippen LogP contribution in [0.4, 0.5) is 0 Å². The maximum absolute atomic E-state index is 12.6. The molecule has 0 aromatic heterocycles. The van der Waals surface area contributed by atoms with Crippen LogP contribution in [0.25, 0.3) is 0 Å². The lowest BCUT2D eigenvalue weighted by molar-refractivity contribution is -0.167. The second-order valence-electron chi connectivity index (χ2n) is 9.81. The molecule has 3 rings (SSSR count). The van der Waals surface area contributed by atoms with E-state index in [-0.39, 0.29) is 24.9 Å². The molecule has 12 nitrogen and oxygen atoms in total. The minimum absolute atomic E-state index is 0.0218. The lowest BCUT2D eigenvalue weighted by Gasteiger charge is -2.35. The van der Waals surface area contributed by atoms with Gasteiger partial charge in [0.05, 0.1) is 19.1 Å². The number of nitrogens with one attached hydrogen (secondary N) is 1. The Kier molecular flexibility index (Phi) is 10.6. The van der Waals surface area contributed by atoms with Crippen LogP contribution in [0.3, 0.4) is 0 Å². The molecular formula is C26H35N2O10PS. The largest absolute Gasteiger partial charge is 0.462 e. The van der Waals surface area contributed by atoms with Crippen molar-refractivity contribution in [2.75, 3.05) is 6.61 Å². The highest BCUT2D eigenvalue weighted by molar-refractivity contribution is 8.09. The van der Waals surface area contributed by atoms with Gasteiger partial charge in [-0.2, -0.15) is 0 Å². The first kappa shape index (κ1) is 31.9. The highest BCUT2D eigenvalue weighted by Crippen LogP contribution is 2.47. The van der Waals surface area contributed by atoms with Crippen molar-refractivity contribution in [3.8, 4) is 5.75 Å². The Hall–Kier alpha value is -2.67. The van der Waals surface area contributed by atoms with Gasteiger partial charge in [0, 0.05) is 12.6 Å². The molecule has 2 heterocycles. The number of aliphatic hydroxyl groups is 1. The summed E-state index contributed by atoms with van der Waals surface area (Å²) in [6.07, 6.45) is -1.97. The van der Waals surface area contributed by atoms with Crippen molar-refractivity contribution in [1.82, 2.24) is 9.99 Å². The van der Waals surface area contributed by atoms with Crippen molar-refractivity contribution in [3.63, 3.8) is 0 Å². The Labute approximate surface area is 238 Å². The molecule has 0 radical (unpaired) electrons. The summed E-state index contributed by atoms with van der Waals surface area (Å²) in [5, 5.41) is 14.3. The van der Waals surface area contributed by atoms with Gasteiger partial charge in [0.15, 0.2) is 18.1 Å². The normalized spacial score (nSPS) is 26.9. The molecule has 2 N–H and O–H groups in total. The van der Waals surface area contributed by atoms with Crippen LogP contribution in [0.2, 0.25) is 0 Å². The number of ketones is 1. The smallest absolute Gasteiger partial charge is 0.323 e. The van der Waals surface area contributed by atoms with E-state index in [2.05, 4.69) is 5.09 Å². The number of carbonyl (C=O) groups excluding carboxylic acids is 4. The SMILES string of the molecule is CCC(=O)O[C@@H]1[C@@H](COP(=S)(N[C@@H](C)C(=O)OC(C)C)Oc2ccccc2)O[C@@H](N2C=CC(=O)CC2=O)[C@]1(C)O. The number of para-hydroxylation sites is 1. The van der Waals surface area contributed by atoms with E-state index in [1.54, 1.807) is 58.0 Å². The van der Waals surface area contributed by atoms with Gasteiger partial charge < -0.3 is 28.4 Å². The summed E-state index contributed by atoms with van der Waals surface area (Å²) in [6.45, 7) is 4.11. The minimum Gasteiger partial charge on any atom is -0.462 e. The molecule has 1 unspecified atom stereocenters. The van der Waals surface area contributed by atoms with E-state index in [4.69, 9.17) is 35.1 Å². The Bertz CT molecular complexity index is 1180. The topological polar surface area (TPSA) is 150 Å². The predicted octanol–water partition coefficient (Wildman–Crippen LogP) is 2.35. The minimum atomic E-state index is -3.49. The Morgan fingerprint density at radius 2 is 1.93 bits per heavy atom. The van der Waals surface area contributed by atoms with E-state index < -0.39 is 61.0 Å². The van der Waals surface area contributed by atoms with E-state index >= 15 is 0 Å². The third-order valence-electron chi connectivity index (χ3n) is 5.99. The fraction of sp³-hybridized carbons (Fsp3) is 0.538. The van der Waals surface area contributed by atoms with Crippen LogP contribution in [0.1, 0.15) is 47.5 Å². The second-order valence-corrected chi connectivity index (χ2v) is 12.9. The van der Waals surface area contributed by atoms with Crippen LogP contribution in [0, 0.1) is 0 Å². The summed E-state index contributed by atoms with van der Waals surface area (Å²) in [5.41, 5.74) is -1.89. The molecule has 2 aliphatic rings. The van der Waals surface area contributed by atoms with Crippen LogP contribution < -0.4 is 9.61 Å². The van der Waals surface area contributed by atoms with Gasteiger partial charge in [-0.1, -0.05) is 25.1 Å². The third kappa shape index (κ3) is 7.96. The summed E-state index contributed by atoms with van der Waals surface area (Å²) in [7, 11) is 0. The quantitative estimate of drug-likeness (QED) is 0.207. The van der Waals surface area contributed by atoms with Crippen molar-refractivity contribution >= 4 is 42.1 Å². The van der Waals surface area contributed by atoms with Crippen molar-refractivity contribution in [2.45, 2.75) is 83.6 Å². The van der Waals surface area contributed by atoms with Crippen LogP contribution in [-0.4, -0.2) is 76.4 Å². The van der Waals surface area contributed by atoms with Crippen LogP contribution >= 0.6 is 6.64 Å². The van der Waals surface area contributed by atoms with Gasteiger partial charge in [0.25, 0.3) is 0 Å². The average molecular weight is 599 g/mol. The Balaban J connectivity index is 1.87. The molecule has 40 heavy (non-hydrogen) atoms. The van der Waals surface area contributed by atoms with Crippen LogP contribution in [0.5, 0.6) is 5.75 Å². The van der Waals surface area contributed by atoms with Gasteiger partial charge in [-0.15, -0.1) is 0 Å². The van der Waals surface area contributed by atoms with E-state index in [9.17, 15) is 24.3 Å². The molecule has 1 aromatic carbocycles. The zero-order chi connectivity index (χ0) is 29.7. The monoisotopic (exact) mass is 598 g/mol. The van der Waals surface area contributed by atoms with Gasteiger partial charge in [0.2, 0.25) is 5.91 Å². The van der Waals surface area contributed by atoms with Crippen LogP contribution in [-0.2, 0) is 49.7 Å². The number of ether oxygens (including phenoxy) is 3. The standard InChI is InChI=1S/C26H35N2O10PS/c1-6-22(31)37-23-20(36-25(26(23,5)33)28-13-12-18(29)14-21(28)30)15-34-39(40,38-19-10-8-7-9-11-19)27-17(4)24(32)35-16(2)3/h7-13,16-17,20,23,25,33H,6,14-15H2,1-5H3,(H,27,40)/t17-,20+,23+,25+,26+,39?/m0/s1. The Morgan fingerprint density at radius 3 is 2.52 bits per heavy atom. The summed E-state index contributed by atoms with van der Waals surface area (Å²) < 4.78 is 28.8. The number of allylic oxidation sites excluding steroid dienone is 1. The fourth-order valence-electron chi connectivity index (χ4n) is 4.05. The van der Waals surface area contributed by atoms with Crippen molar-refractivity contribution in [1.29, 1.82) is 0 Å². The average Bonchev–Trinajstić information content (AvgIpc) is 3.12. The Morgan fingerprint density at radius 1 is 1.25 bits per heavy atom. The molecule has 1 amide bonds. The maximum Gasteiger partial charge on any atom is 0.323 e. The molecule has 0 bridgehead atoms. The maximum atomic E-state index is 12.6. The second kappa shape index (κ2) is 13.3. The zero-order valence-corrected chi connectivity index (χ0v) is 24.7. The zero-order valence-electron chi connectivity index (χ0n) is 23.0. The molecule has 1 aromatic rings. The number of nitrogens with zero attached hydrogens (tertiary/aromatic N) is 1. The highest BCUT2D eigenvalue weighted by Gasteiger charge is 2.58. The first-order chi connectivity index (χ1) is 18.8. The summed E-state index contributed by atoms with van der Waals surface area (Å²) in [6, 6.07) is 7.69. The van der Waals surface area contributed by atoms with E-state index in [0.717, 1.165) is 4.90 Å². The summed E-state index contributed by atoms with van der Waals surface area (Å²) >= 11 is 5.73. The molecule has 1 fully saturated rings. The van der Waals surface area contributed by atoms with Gasteiger partial charge in [0.1, 0.15) is 23.5 Å². The molecule has 6 atom stereocenters. The summed E-state index contributed by atoms with van der Waals surface area (Å²) in [4.78, 5) is 50.1. The first-order valence-corrected chi connectivity index (χ1v) is 15.5. The van der Waals surface area contributed by atoms with E-state index in [1.807, 2.05) is 0 Å². The van der Waals surface area contributed by atoms with Gasteiger partial charge in [-0.3, -0.25) is 24.1 Å².